The number of hydrogen-bond acceptors (Lipinski definition) is 6. The third-order valence-electron chi connectivity index (χ3n) is 11.0. The monoisotopic (exact) mass is 653 g/mol. The van der Waals surface area contributed by atoms with E-state index in [9.17, 15) is 4.79 Å². The van der Waals surface area contributed by atoms with Crippen LogP contribution in [-0.2, 0) is 16.8 Å². The molecule has 0 saturated carbocycles. The van der Waals surface area contributed by atoms with Crippen LogP contribution in [-0.4, -0.2) is 84.1 Å². The standard InChI is InChI=1S/C41H59N5O2/c1-33(2)46(38-23-29-45(30-24-38)31-34-17-16-25-43-39(34)48-3)27-15-7-5-4-6-14-26-44-28-22-37(32-44)41(40(42)47,35-18-10-8-11-19-35)36-20-12-9-13-21-36/h8-13,16-21,25,33,37-38H,4-7,14-15,22-24,26-32H2,1-3H3,(H2,42,47)/t37-/m1/s1. The minimum absolute atomic E-state index is 0.167. The van der Waals surface area contributed by atoms with Gasteiger partial charge in [0.2, 0.25) is 11.8 Å². The molecule has 2 saturated heterocycles. The van der Waals surface area contributed by atoms with Gasteiger partial charge in [-0.1, -0.05) is 92.4 Å². The minimum Gasteiger partial charge on any atom is -0.481 e. The maximum atomic E-state index is 13.4. The first kappa shape index (κ1) is 36.0. The van der Waals surface area contributed by atoms with Crippen molar-refractivity contribution < 1.29 is 9.53 Å². The summed E-state index contributed by atoms with van der Waals surface area (Å²) in [5.74, 6) is 0.678. The molecule has 0 radical (unpaired) electrons. The van der Waals surface area contributed by atoms with Gasteiger partial charge in [0.05, 0.1) is 7.11 Å². The highest BCUT2D eigenvalue weighted by Gasteiger charge is 2.49. The third kappa shape index (κ3) is 8.85. The highest BCUT2D eigenvalue weighted by molar-refractivity contribution is 5.91. The Morgan fingerprint density at radius 2 is 1.46 bits per heavy atom. The summed E-state index contributed by atoms with van der Waals surface area (Å²) in [5, 5.41) is 0. The Hall–Kier alpha value is -3.26. The molecule has 7 heteroatoms. The van der Waals surface area contributed by atoms with Crippen molar-refractivity contribution in [3.63, 3.8) is 0 Å². The van der Waals surface area contributed by atoms with Crippen molar-refractivity contribution in [1.82, 2.24) is 19.7 Å². The second kappa shape index (κ2) is 17.9. The Morgan fingerprint density at radius 3 is 2.06 bits per heavy atom. The number of likely N-dealkylation sites (tertiary alicyclic amines) is 2. The number of rotatable bonds is 18. The quantitative estimate of drug-likeness (QED) is 0.151. The molecule has 0 spiro atoms. The molecule has 1 atom stereocenters. The molecule has 2 aliphatic rings. The number of nitrogens with two attached hydrogens (primary N) is 1. The first-order chi connectivity index (χ1) is 23.4. The number of piperidine rings is 1. The number of pyridine rings is 1. The van der Waals surface area contributed by atoms with E-state index in [0.29, 0.717) is 12.1 Å². The van der Waals surface area contributed by atoms with E-state index < -0.39 is 5.41 Å². The molecule has 1 aromatic heterocycles. The van der Waals surface area contributed by atoms with Crippen molar-refractivity contribution in [1.29, 1.82) is 0 Å². The van der Waals surface area contributed by atoms with Gasteiger partial charge in [-0.3, -0.25) is 14.6 Å². The van der Waals surface area contributed by atoms with Crippen LogP contribution in [0.1, 0.15) is 88.3 Å². The maximum Gasteiger partial charge on any atom is 0.232 e. The SMILES string of the molecule is COc1ncccc1CN1CCC(N(CCCCCCCCN2CC[C@@H](C(C(N)=O)(c3ccccc3)c3ccccc3)C2)C(C)C)CC1. The Balaban J connectivity index is 1.00. The van der Waals surface area contributed by atoms with Crippen molar-refractivity contribution in [3.8, 4) is 5.88 Å². The van der Waals surface area contributed by atoms with E-state index in [1.165, 1.54) is 63.5 Å². The Kier molecular flexibility index (Phi) is 13.5. The van der Waals surface area contributed by atoms with E-state index in [1.54, 1.807) is 13.3 Å². The van der Waals surface area contributed by atoms with Crippen LogP contribution in [0.5, 0.6) is 5.88 Å². The van der Waals surface area contributed by atoms with Gasteiger partial charge in [0.1, 0.15) is 5.41 Å². The van der Waals surface area contributed by atoms with E-state index in [2.05, 4.69) is 63.9 Å². The van der Waals surface area contributed by atoms with E-state index in [1.807, 2.05) is 42.5 Å². The molecule has 2 fully saturated rings. The summed E-state index contributed by atoms with van der Waals surface area (Å²) in [6, 6.07) is 25.8. The first-order valence-corrected chi connectivity index (χ1v) is 18.5. The predicted molar refractivity (Wildman–Crippen MR) is 196 cm³/mol. The van der Waals surface area contributed by atoms with Crippen LogP contribution in [0, 0.1) is 5.92 Å². The topological polar surface area (TPSA) is 74.9 Å². The van der Waals surface area contributed by atoms with Crippen LogP contribution in [0.4, 0.5) is 0 Å². The minimum atomic E-state index is -0.799. The molecule has 2 aliphatic heterocycles. The van der Waals surface area contributed by atoms with Crippen molar-refractivity contribution in [2.75, 3.05) is 46.4 Å². The molecule has 5 rings (SSSR count). The van der Waals surface area contributed by atoms with Gasteiger partial charge in [-0.2, -0.15) is 0 Å². The number of ether oxygens (including phenoxy) is 1. The molecule has 0 unspecified atom stereocenters. The lowest BCUT2D eigenvalue weighted by molar-refractivity contribution is -0.123. The fraction of sp³-hybridized carbons (Fsp3) is 0.561. The second-order valence-corrected chi connectivity index (χ2v) is 14.3. The average molecular weight is 654 g/mol. The molecular formula is C41H59N5O2. The van der Waals surface area contributed by atoms with Crippen molar-refractivity contribution >= 4 is 5.91 Å². The molecule has 260 valence electrons. The van der Waals surface area contributed by atoms with Crippen molar-refractivity contribution in [2.45, 2.75) is 95.7 Å². The van der Waals surface area contributed by atoms with E-state index in [0.717, 1.165) is 62.7 Å². The van der Waals surface area contributed by atoms with Gasteiger partial charge >= 0.3 is 0 Å². The second-order valence-electron chi connectivity index (χ2n) is 14.3. The van der Waals surface area contributed by atoms with Gasteiger partial charge in [-0.25, -0.2) is 4.98 Å². The number of hydrogen-bond donors (Lipinski definition) is 1. The fourth-order valence-corrected chi connectivity index (χ4v) is 8.49. The van der Waals surface area contributed by atoms with Crippen LogP contribution in [0.3, 0.4) is 0 Å². The molecule has 0 aliphatic carbocycles. The number of unbranched alkanes of at least 4 members (excludes halogenated alkanes) is 5. The zero-order valence-corrected chi connectivity index (χ0v) is 29.7. The Morgan fingerprint density at radius 1 is 0.854 bits per heavy atom. The lowest BCUT2D eigenvalue weighted by Gasteiger charge is -2.40. The van der Waals surface area contributed by atoms with Crippen molar-refractivity contribution in [3.05, 3.63) is 95.7 Å². The molecule has 0 bridgehead atoms. The largest absolute Gasteiger partial charge is 0.481 e. The van der Waals surface area contributed by atoms with E-state index in [4.69, 9.17) is 10.5 Å². The zero-order chi connectivity index (χ0) is 33.8. The van der Waals surface area contributed by atoms with Gasteiger partial charge in [-0.15, -0.1) is 0 Å². The normalized spacial score (nSPS) is 18.1. The van der Waals surface area contributed by atoms with Crippen LogP contribution >= 0.6 is 0 Å². The summed E-state index contributed by atoms with van der Waals surface area (Å²) in [7, 11) is 1.71. The van der Waals surface area contributed by atoms with Gasteiger partial charge in [0.15, 0.2) is 0 Å². The summed E-state index contributed by atoms with van der Waals surface area (Å²) in [6.45, 7) is 12.2. The van der Waals surface area contributed by atoms with E-state index in [-0.39, 0.29) is 11.8 Å². The summed E-state index contributed by atoms with van der Waals surface area (Å²) < 4.78 is 5.47. The summed E-state index contributed by atoms with van der Waals surface area (Å²) in [5.41, 5.74) is 8.70. The lowest BCUT2D eigenvalue weighted by atomic mass is 9.64. The fourth-order valence-electron chi connectivity index (χ4n) is 8.49. The molecule has 3 heterocycles. The Bertz CT molecular complexity index is 1340. The molecule has 48 heavy (non-hydrogen) atoms. The van der Waals surface area contributed by atoms with Gasteiger partial charge in [0, 0.05) is 36.9 Å². The summed E-state index contributed by atoms with van der Waals surface area (Å²) >= 11 is 0. The Labute approximate surface area is 289 Å². The number of primary amides is 1. The smallest absolute Gasteiger partial charge is 0.232 e. The number of benzene rings is 2. The highest BCUT2D eigenvalue weighted by atomic mass is 16.5. The summed E-state index contributed by atoms with van der Waals surface area (Å²) in [4.78, 5) is 25.6. The number of carbonyl (C=O) groups is 1. The molecule has 1 amide bonds. The van der Waals surface area contributed by atoms with E-state index >= 15 is 0 Å². The number of amides is 1. The van der Waals surface area contributed by atoms with Gasteiger partial charge < -0.3 is 15.4 Å². The zero-order valence-electron chi connectivity index (χ0n) is 29.7. The van der Waals surface area contributed by atoms with Crippen molar-refractivity contribution in [2.24, 2.45) is 11.7 Å². The predicted octanol–water partition coefficient (Wildman–Crippen LogP) is 6.90. The van der Waals surface area contributed by atoms with Crippen LogP contribution in [0.25, 0.3) is 0 Å². The third-order valence-corrected chi connectivity index (χ3v) is 11.0. The van der Waals surface area contributed by atoms with Crippen LogP contribution in [0.15, 0.2) is 79.0 Å². The molecule has 2 aromatic carbocycles. The highest BCUT2D eigenvalue weighted by Crippen LogP contribution is 2.43. The lowest BCUT2D eigenvalue weighted by Crippen LogP contribution is -2.49. The van der Waals surface area contributed by atoms with Crippen LogP contribution < -0.4 is 10.5 Å². The maximum absolute atomic E-state index is 13.4. The molecular weight excluding hydrogens is 594 g/mol. The molecule has 2 N–H and O–H groups in total. The van der Waals surface area contributed by atoms with Gasteiger partial charge in [-0.05, 0) is 102 Å². The number of carbonyl (C=O) groups excluding carboxylic acids is 1. The molecule has 7 nitrogen and oxygen atoms in total. The van der Waals surface area contributed by atoms with Gasteiger partial charge in [0.25, 0.3) is 0 Å². The van der Waals surface area contributed by atoms with Crippen LogP contribution in [0.2, 0.25) is 0 Å². The molecule has 3 aromatic rings. The number of methoxy groups -OCH3 is 1. The number of nitrogens with zero attached hydrogens (tertiary/aromatic N) is 4. The summed E-state index contributed by atoms with van der Waals surface area (Å²) in [6.07, 6.45) is 12.9. The number of aromatic nitrogens is 1. The first-order valence-electron chi connectivity index (χ1n) is 18.5. The average Bonchev–Trinajstić information content (AvgIpc) is 3.58.